The van der Waals surface area contributed by atoms with E-state index in [1.54, 1.807) is 0 Å². The predicted octanol–water partition coefficient (Wildman–Crippen LogP) is 9.86. The Labute approximate surface area is 387 Å². The molecule has 66 heavy (non-hydrogen) atoms. The molecular formula is C56H53N2O7P. The van der Waals surface area contributed by atoms with E-state index in [4.69, 9.17) is 33.2 Å². The van der Waals surface area contributed by atoms with Crippen LogP contribution in [0, 0.1) is 11.3 Å². The van der Waals surface area contributed by atoms with Crippen molar-refractivity contribution in [1.29, 1.82) is 5.26 Å². The quantitative estimate of drug-likeness (QED) is 0.0679. The highest BCUT2D eigenvalue weighted by molar-refractivity contribution is 7.87. The van der Waals surface area contributed by atoms with Crippen LogP contribution in [0.5, 0.6) is 0 Å². The Morgan fingerprint density at radius 3 is 1.53 bits per heavy atom. The molecular weight excluding hydrogens is 844 g/mol. The minimum absolute atomic E-state index is 0.00220. The molecule has 3 aliphatic heterocycles. The van der Waals surface area contributed by atoms with Gasteiger partial charge in [0, 0.05) is 33.5 Å². The van der Waals surface area contributed by atoms with Crippen LogP contribution in [0.25, 0.3) is 0 Å². The highest BCUT2D eigenvalue weighted by Gasteiger charge is 2.59. The van der Waals surface area contributed by atoms with Gasteiger partial charge >= 0.3 is 5.97 Å². The molecule has 0 N–H and O–H groups in total. The van der Waals surface area contributed by atoms with Gasteiger partial charge in [0.2, 0.25) is 5.88 Å². The third-order valence-electron chi connectivity index (χ3n) is 12.4. The second-order valence-corrected chi connectivity index (χ2v) is 20.7. The van der Waals surface area contributed by atoms with Crippen molar-refractivity contribution >= 4 is 28.9 Å². The number of carbonyl (C=O) groups excluding carboxylic acids is 1. The molecule has 3 aliphatic rings. The Morgan fingerprint density at radius 2 is 1.11 bits per heavy atom. The fourth-order valence-corrected chi connectivity index (χ4v) is 13.1. The zero-order valence-electron chi connectivity index (χ0n) is 37.7. The van der Waals surface area contributed by atoms with Crippen molar-refractivity contribution in [3.05, 3.63) is 221 Å². The van der Waals surface area contributed by atoms with Gasteiger partial charge in [0.15, 0.2) is 5.79 Å². The second-order valence-electron chi connectivity index (χ2n) is 17.7. The molecule has 3 heterocycles. The first kappa shape index (κ1) is 44.8. The third kappa shape index (κ3) is 8.37. The minimum atomic E-state index is -3.03. The predicted molar refractivity (Wildman–Crippen MR) is 257 cm³/mol. The fourth-order valence-electron chi connectivity index (χ4n) is 9.63. The summed E-state index contributed by atoms with van der Waals surface area (Å²) in [6.07, 6.45) is -3.04. The van der Waals surface area contributed by atoms with Crippen molar-refractivity contribution in [1.82, 2.24) is 0 Å². The van der Waals surface area contributed by atoms with Gasteiger partial charge in [0.1, 0.15) is 41.2 Å². The van der Waals surface area contributed by atoms with Gasteiger partial charge in [-0.2, -0.15) is 5.26 Å². The smallest absolute Gasteiger partial charge is 0.343 e. The van der Waals surface area contributed by atoms with Gasteiger partial charge in [-0.05, 0) is 44.4 Å². The summed E-state index contributed by atoms with van der Waals surface area (Å²) >= 11 is 0. The lowest BCUT2D eigenvalue weighted by atomic mass is 9.80. The number of benzene rings is 6. The highest BCUT2D eigenvalue weighted by atomic mass is 31.2. The highest BCUT2D eigenvalue weighted by Crippen LogP contribution is 2.52. The maximum atomic E-state index is 14.8. The van der Waals surface area contributed by atoms with Gasteiger partial charge < -0.3 is 28.4 Å². The van der Waals surface area contributed by atoms with Crippen molar-refractivity contribution in [2.75, 3.05) is 13.7 Å². The van der Waals surface area contributed by atoms with Crippen LogP contribution < -0.4 is 15.9 Å². The van der Waals surface area contributed by atoms with Crippen LogP contribution in [0.4, 0.5) is 0 Å². The van der Waals surface area contributed by atoms with E-state index >= 15 is 0 Å². The molecule has 2 fully saturated rings. The molecule has 10 heteroatoms. The van der Waals surface area contributed by atoms with E-state index in [9.17, 15) is 10.1 Å². The summed E-state index contributed by atoms with van der Waals surface area (Å²) in [7, 11) is -1.71. The molecule has 0 spiro atoms. The number of hydrogen-bond acceptors (Lipinski definition) is 9. The molecule has 4 atom stereocenters. The lowest BCUT2D eigenvalue weighted by Gasteiger charge is -2.37. The van der Waals surface area contributed by atoms with Gasteiger partial charge in [-0.3, -0.25) is 0 Å². The van der Waals surface area contributed by atoms with E-state index in [0.717, 1.165) is 32.6 Å². The molecule has 0 saturated carbocycles. The number of nitrogens with zero attached hydrogens (tertiary/aromatic N) is 2. The zero-order valence-corrected chi connectivity index (χ0v) is 38.6. The molecule has 0 aromatic heterocycles. The molecule has 6 aromatic rings. The van der Waals surface area contributed by atoms with Crippen LogP contribution >= 0.6 is 7.05 Å². The largest absolute Gasteiger partial charge is 0.471 e. The zero-order chi connectivity index (χ0) is 45.9. The maximum Gasteiger partial charge on any atom is 0.343 e. The van der Waals surface area contributed by atoms with Gasteiger partial charge in [-0.25, -0.2) is 9.54 Å². The average Bonchev–Trinajstić information content (AvgIpc) is 3.81. The van der Waals surface area contributed by atoms with Crippen LogP contribution in [-0.4, -0.2) is 55.5 Å². The van der Waals surface area contributed by atoms with E-state index in [2.05, 4.69) is 78.9 Å². The number of esters is 1. The van der Waals surface area contributed by atoms with Crippen molar-refractivity contribution < 1.29 is 33.2 Å². The molecule has 9 nitrogen and oxygen atoms in total. The van der Waals surface area contributed by atoms with Gasteiger partial charge in [0.25, 0.3) is 0 Å². The van der Waals surface area contributed by atoms with Crippen molar-refractivity contribution in [3.8, 4) is 6.07 Å². The molecule has 0 unspecified atom stereocenters. The maximum absolute atomic E-state index is 14.8. The van der Waals surface area contributed by atoms with Gasteiger partial charge in [0.05, 0.1) is 26.8 Å². The summed E-state index contributed by atoms with van der Waals surface area (Å²) in [5, 5.41) is 14.0. The molecule has 2 saturated heterocycles. The first-order chi connectivity index (χ1) is 32.0. The van der Waals surface area contributed by atoms with Crippen LogP contribution in [0.3, 0.4) is 0 Å². The number of nitriles is 1. The molecule has 0 aliphatic carbocycles. The van der Waals surface area contributed by atoms with Crippen molar-refractivity contribution in [2.24, 2.45) is 4.74 Å². The van der Waals surface area contributed by atoms with E-state index in [-0.39, 0.29) is 24.5 Å². The van der Waals surface area contributed by atoms with E-state index < -0.39 is 54.4 Å². The summed E-state index contributed by atoms with van der Waals surface area (Å²) in [6, 6.07) is 63.2. The first-order valence-electron chi connectivity index (χ1n) is 22.3. The standard InChI is InChI=1S/C56H53N2O7P/c1-54(2)36-39(37-57)47(48(53(59)60-5)52(65-54)58-66(43-30-18-9-19-31-43,44-32-20-10-21-33-44)45-34-22-11-23-35-45)50-51-49(63-55(3,4)64-51)46(62-50)38-61-56(40-24-12-6-13-25-40,41-26-14-7-15-27-41)42-28-16-8-17-29-42/h6-35,46,49-51H,36,38H2,1-5H3/t46-,49-,50+,51-/m1/s1. The molecule has 6 aromatic carbocycles. The lowest BCUT2D eigenvalue weighted by Crippen LogP contribution is -2.39. The molecule has 0 amide bonds. The Hall–Kier alpha value is -6.37. The van der Waals surface area contributed by atoms with E-state index in [1.165, 1.54) is 7.11 Å². The third-order valence-corrected chi connectivity index (χ3v) is 16.0. The fraction of sp³-hybridized carbons (Fsp3) is 0.250. The van der Waals surface area contributed by atoms with Crippen molar-refractivity contribution in [2.45, 2.75) is 75.5 Å². The van der Waals surface area contributed by atoms with E-state index in [1.807, 2.05) is 137 Å². The number of carbonyl (C=O) groups is 1. The number of hydrogen-bond donors (Lipinski definition) is 0. The molecule has 9 rings (SSSR count). The van der Waals surface area contributed by atoms with Crippen LogP contribution in [0.2, 0.25) is 0 Å². The van der Waals surface area contributed by atoms with Crippen LogP contribution in [0.1, 0.15) is 50.8 Å². The summed E-state index contributed by atoms with van der Waals surface area (Å²) < 4.78 is 46.4. The monoisotopic (exact) mass is 896 g/mol. The molecule has 0 radical (unpaired) electrons. The Bertz CT molecular complexity index is 2630. The lowest BCUT2D eigenvalue weighted by molar-refractivity contribution is -0.191. The van der Waals surface area contributed by atoms with Crippen LogP contribution in [0.15, 0.2) is 209 Å². The Kier molecular flexibility index (Phi) is 12.6. The Morgan fingerprint density at radius 1 is 0.682 bits per heavy atom. The summed E-state index contributed by atoms with van der Waals surface area (Å²) in [6.45, 7) is 7.56. The molecule has 0 bridgehead atoms. The summed E-state index contributed by atoms with van der Waals surface area (Å²) in [4.78, 5) is 14.8. The Balaban J connectivity index is 1.25. The number of methoxy groups -OCH3 is 1. The average molecular weight is 897 g/mol. The second kappa shape index (κ2) is 18.5. The van der Waals surface area contributed by atoms with Gasteiger partial charge in [-0.1, -0.05) is 182 Å². The number of fused-ring (bicyclic) bond motifs is 1. The summed E-state index contributed by atoms with van der Waals surface area (Å²) in [5.74, 6) is -1.72. The first-order valence-corrected chi connectivity index (χ1v) is 24.0. The SMILES string of the molecule is COC(=O)C1=C(N=P(c2ccccc2)(c2ccccc2)c2ccccc2)OC(C)(C)CC(C#N)=C1[C@@H]1O[C@H](COC(c2ccccc2)(c2ccccc2)c2ccccc2)[C@H]2OC(C)(C)O[C@H]21. The minimum Gasteiger partial charge on any atom is -0.471 e. The van der Waals surface area contributed by atoms with E-state index in [0.29, 0.717) is 11.1 Å². The number of rotatable bonds is 12. The van der Waals surface area contributed by atoms with Crippen LogP contribution in [-0.2, 0) is 38.8 Å². The number of ether oxygens (including phenoxy) is 6. The molecule has 334 valence electrons. The van der Waals surface area contributed by atoms with Crippen molar-refractivity contribution in [3.63, 3.8) is 0 Å². The van der Waals surface area contributed by atoms with Gasteiger partial charge in [-0.15, -0.1) is 0 Å². The normalized spacial score (nSPS) is 21.3. The topological polar surface area (TPSA) is 109 Å². The summed E-state index contributed by atoms with van der Waals surface area (Å²) in [5.41, 5.74) is 1.29.